The summed E-state index contributed by atoms with van der Waals surface area (Å²) in [7, 11) is -3.78. The molecule has 0 aliphatic heterocycles. The summed E-state index contributed by atoms with van der Waals surface area (Å²) in [5, 5.41) is 8.87. The predicted molar refractivity (Wildman–Crippen MR) is 78.7 cm³/mol. The second-order valence-electron chi connectivity index (χ2n) is 4.27. The van der Waals surface area contributed by atoms with Gasteiger partial charge in [0.1, 0.15) is 10.7 Å². The minimum atomic E-state index is -3.78. The van der Waals surface area contributed by atoms with Crippen molar-refractivity contribution in [3.63, 3.8) is 0 Å². The van der Waals surface area contributed by atoms with Gasteiger partial charge in [-0.15, -0.1) is 0 Å². The maximum absolute atomic E-state index is 12.3. The third kappa shape index (κ3) is 3.28. The molecule has 108 valence electrons. The molecule has 0 amide bonds. The van der Waals surface area contributed by atoms with Crippen molar-refractivity contribution in [2.24, 2.45) is 5.84 Å². The van der Waals surface area contributed by atoms with Gasteiger partial charge in [0.2, 0.25) is 0 Å². The lowest BCUT2D eigenvalue weighted by Crippen LogP contribution is -2.15. The number of nitrogens with zero attached hydrogens (tertiary/aromatic N) is 2. The normalized spacial score (nSPS) is 10.7. The highest BCUT2D eigenvalue weighted by Crippen LogP contribution is 2.21. The summed E-state index contributed by atoms with van der Waals surface area (Å²) in [6, 6.07) is 9.58. The Morgan fingerprint density at radius 1 is 1.29 bits per heavy atom. The SMILES string of the molecule is Cc1ccc(C#N)cc1NS(=O)(=O)c1ccc(NN)nc1. The Balaban J connectivity index is 2.35. The number of benzene rings is 1. The Bertz CT molecular complexity index is 794. The summed E-state index contributed by atoms with van der Waals surface area (Å²) in [5.74, 6) is 5.53. The predicted octanol–water partition coefficient (Wildman–Crippen LogP) is 1.35. The standard InChI is InChI=1S/C13H13N5O2S/c1-9-2-3-10(7-14)6-12(9)18-21(19,20)11-4-5-13(17-15)16-8-11/h2-6,8,18H,15H2,1H3,(H,16,17). The number of aromatic nitrogens is 1. The number of nitriles is 1. The number of sulfonamides is 1. The molecule has 21 heavy (non-hydrogen) atoms. The van der Waals surface area contributed by atoms with Gasteiger partial charge in [-0.2, -0.15) is 5.26 Å². The molecular weight excluding hydrogens is 290 g/mol. The minimum Gasteiger partial charge on any atom is -0.308 e. The van der Waals surface area contributed by atoms with Gasteiger partial charge in [0.25, 0.3) is 10.0 Å². The number of hydrogen-bond acceptors (Lipinski definition) is 6. The van der Waals surface area contributed by atoms with Gasteiger partial charge in [-0.25, -0.2) is 19.2 Å². The average molecular weight is 303 g/mol. The molecule has 0 aliphatic carbocycles. The number of rotatable bonds is 4. The first-order chi connectivity index (χ1) is 9.96. The molecule has 8 heteroatoms. The zero-order chi connectivity index (χ0) is 15.5. The number of hydrazine groups is 1. The molecule has 0 radical (unpaired) electrons. The first-order valence-electron chi connectivity index (χ1n) is 5.92. The van der Waals surface area contributed by atoms with Crippen LogP contribution in [-0.2, 0) is 10.0 Å². The molecule has 1 heterocycles. The number of hydrogen-bond donors (Lipinski definition) is 3. The van der Waals surface area contributed by atoms with E-state index in [0.29, 0.717) is 22.6 Å². The molecule has 0 aliphatic rings. The molecule has 0 fully saturated rings. The quantitative estimate of drug-likeness (QED) is 0.579. The van der Waals surface area contributed by atoms with Crippen LogP contribution in [0, 0.1) is 18.3 Å². The van der Waals surface area contributed by atoms with Crippen molar-refractivity contribution in [1.82, 2.24) is 4.98 Å². The second kappa shape index (κ2) is 5.78. The lowest BCUT2D eigenvalue weighted by Gasteiger charge is -2.11. The Morgan fingerprint density at radius 2 is 2.05 bits per heavy atom. The number of aryl methyl sites for hydroxylation is 1. The van der Waals surface area contributed by atoms with Gasteiger partial charge in [0, 0.05) is 6.20 Å². The van der Waals surface area contributed by atoms with E-state index in [1.54, 1.807) is 19.1 Å². The van der Waals surface area contributed by atoms with E-state index >= 15 is 0 Å². The van der Waals surface area contributed by atoms with Crippen molar-refractivity contribution in [3.05, 3.63) is 47.7 Å². The van der Waals surface area contributed by atoms with Gasteiger partial charge in [-0.1, -0.05) is 6.07 Å². The highest BCUT2D eigenvalue weighted by atomic mass is 32.2. The summed E-state index contributed by atoms with van der Waals surface area (Å²) in [6.07, 6.45) is 1.20. The van der Waals surface area contributed by atoms with E-state index in [0.717, 1.165) is 0 Å². The number of nitrogen functional groups attached to an aromatic ring is 1. The fourth-order valence-corrected chi connectivity index (χ4v) is 2.70. The van der Waals surface area contributed by atoms with Crippen LogP contribution in [0.15, 0.2) is 41.4 Å². The van der Waals surface area contributed by atoms with Crippen LogP contribution in [-0.4, -0.2) is 13.4 Å². The second-order valence-corrected chi connectivity index (χ2v) is 5.95. The van der Waals surface area contributed by atoms with E-state index in [1.165, 1.54) is 24.4 Å². The van der Waals surface area contributed by atoms with Crippen LogP contribution in [0.5, 0.6) is 0 Å². The first kappa shape index (κ1) is 14.8. The molecular formula is C13H13N5O2S. The maximum atomic E-state index is 12.3. The summed E-state index contributed by atoms with van der Waals surface area (Å²) >= 11 is 0. The molecule has 0 saturated carbocycles. The van der Waals surface area contributed by atoms with Crippen molar-refractivity contribution in [2.75, 3.05) is 10.1 Å². The lowest BCUT2D eigenvalue weighted by molar-refractivity contribution is 0.601. The zero-order valence-electron chi connectivity index (χ0n) is 11.2. The fraction of sp³-hybridized carbons (Fsp3) is 0.0769. The molecule has 0 spiro atoms. The number of anilines is 2. The molecule has 0 unspecified atom stereocenters. The van der Waals surface area contributed by atoms with Gasteiger partial charge >= 0.3 is 0 Å². The summed E-state index contributed by atoms with van der Waals surface area (Å²) in [6.45, 7) is 1.75. The molecule has 7 nitrogen and oxygen atoms in total. The molecule has 2 rings (SSSR count). The molecule has 1 aromatic carbocycles. The monoisotopic (exact) mass is 303 g/mol. The largest absolute Gasteiger partial charge is 0.308 e. The van der Waals surface area contributed by atoms with Gasteiger partial charge in [0.15, 0.2) is 0 Å². The van der Waals surface area contributed by atoms with Gasteiger partial charge in [-0.3, -0.25) is 4.72 Å². The Morgan fingerprint density at radius 3 is 2.62 bits per heavy atom. The molecule has 2 aromatic rings. The van der Waals surface area contributed by atoms with Gasteiger partial charge < -0.3 is 5.43 Å². The third-order valence-electron chi connectivity index (χ3n) is 2.81. The Labute approximate surface area is 122 Å². The minimum absolute atomic E-state index is 0.00302. The molecule has 4 N–H and O–H groups in total. The molecule has 0 atom stereocenters. The van der Waals surface area contributed by atoms with Crippen LogP contribution in [0.1, 0.15) is 11.1 Å². The molecule has 1 aromatic heterocycles. The van der Waals surface area contributed by atoms with Crippen molar-refractivity contribution in [2.45, 2.75) is 11.8 Å². The first-order valence-corrected chi connectivity index (χ1v) is 7.41. The van der Waals surface area contributed by atoms with Crippen LogP contribution < -0.4 is 16.0 Å². The van der Waals surface area contributed by atoms with Gasteiger partial charge in [0.05, 0.1) is 17.3 Å². The zero-order valence-corrected chi connectivity index (χ0v) is 12.0. The molecule has 0 bridgehead atoms. The van der Waals surface area contributed by atoms with Crippen molar-refractivity contribution in [3.8, 4) is 6.07 Å². The fourth-order valence-electron chi connectivity index (χ4n) is 1.63. The highest BCUT2D eigenvalue weighted by Gasteiger charge is 2.16. The van der Waals surface area contributed by atoms with E-state index < -0.39 is 10.0 Å². The van der Waals surface area contributed by atoms with E-state index in [4.69, 9.17) is 11.1 Å². The number of nitrogens with two attached hydrogens (primary N) is 1. The Kier molecular flexibility index (Phi) is 4.07. The van der Waals surface area contributed by atoms with E-state index in [9.17, 15) is 8.42 Å². The Hall–Kier alpha value is -2.63. The van der Waals surface area contributed by atoms with Gasteiger partial charge in [-0.05, 0) is 36.8 Å². The van der Waals surface area contributed by atoms with Crippen LogP contribution in [0.4, 0.5) is 11.5 Å². The topological polar surface area (TPSA) is 121 Å². The van der Waals surface area contributed by atoms with Crippen molar-refractivity contribution < 1.29 is 8.42 Å². The lowest BCUT2D eigenvalue weighted by atomic mass is 10.1. The molecule has 0 saturated heterocycles. The van der Waals surface area contributed by atoms with E-state index in [2.05, 4.69) is 15.1 Å². The van der Waals surface area contributed by atoms with Crippen molar-refractivity contribution in [1.29, 1.82) is 5.26 Å². The van der Waals surface area contributed by atoms with Crippen LogP contribution >= 0.6 is 0 Å². The summed E-state index contributed by atoms with van der Waals surface area (Å²) in [4.78, 5) is 3.86. The average Bonchev–Trinajstić information content (AvgIpc) is 2.49. The number of nitrogens with one attached hydrogen (secondary N) is 2. The summed E-state index contributed by atoms with van der Waals surface area (Å²) in [5.41, 5.74) is 3.76. The van der Waals surface area contributed by atoms with Crippen molar-refractivity contribution >= 4 is 21.5 Å². The smallest absolute Gasteiger partial charge is 0.263 e. The van der Waals surface area contributed by atoms with E-state index in [1.807, 2.05) is 6.07 Å². The maximum Gasteiger partial charge on any atom is 0.263 e. The van der Waals surface area contributed by atoms with Crippen LogP contribution in [0.3, 0.4) is 0 Å². The van der Waals surface area contributed by atoms with E-state index in [-0.39, 0.29) is 4.90 Å². The third-order valence-corrected chi connectivity index (χ3v) is 4.16. The summed E-state index contributed by atoms with van der Waals surface area (Å²) < 4.78 is 27.0. The number of pyridine rings is 1. The van der Waals surface area contributed by atoms with Crippen LogP contribution in [0.2, 0.25) is 0 Å². The van der Waals surface area contributed by atoms with Crippen LogP contribution in [0.25, 0.3) is 0 Å². The highest BCUT2D eigenvalue weighted by molar-refractivity contribution is 7.92.